The second-order valence-corrected chi connectivity index (χ2v) is 8.16. The third-order valence-corrected chi connectivity index (χ3v) is 5.86. The van der Waals surface area contributed by atoms with Crippen LogP contribution in [0.4, 0.5) is 0 Å². The molecule has 0 radical (unpaired) electrons. The number of carboxylic acids is 1. The van der Waals surface area contributed by atoms with Crippen LogP contribution in [0.15, 0.2) is 58.0 Å². The van der Waals surface area contributed by atoms with E-state index in [4.69, 9.17) is 21.8 Å². The van der Waals surface area contributed by atoms with Crippen molar-refractivity contribution in [2.75, 3.05) is 6.54 Å². The van der Waals surface area contributed by atoms with Crippen molar-refractivity contribution in [3.63, 3.8) is 0 Å². The first-order chi connectivity index (χ1) is 14.0. The molecule has 8 heteroatoms. The van der Waals surface area contributed by atoms with Gasteiger partial charge in [-0.15, -0.1) is 0 Å². The van der Waals surface area contributed by atoms with Crippen LogP contribution in [0.3, 0.4) is 0 Å². The first-order valence-corrected chi connectivity index (χ1v) is 10.2. The van der Waals surface area contributed by atoms with Gasteiger partial charge in [-0.2, -0.15) is 0 Å². The van der Waals surface area contributed by atoms with Gasteiger partial charge in [0.05, 0.1) is 10.3 Å². The highest BCUT2D eigenvalue weighted by molar-refractivity contribution is 8.26. The van der Waals surface area contributed by atoms with Crippen molar-refractivity contribution in [2.24, 2.45) is 0 Å². The quantitative estimate of drug-likeness (QED) is 0.459. The molecule has 0 spiro atoms. The Morgan fingerprint density at radius 3 is 2.79 bits per heavy atom. The lowest BCUT2D eigenvalue weighted by atomic mass is 10.1. The number of hydrogen-bond acceptors (Lipinski definition) is 6. The number of hydrogen-bond donors (Lipinski definition) is 1. The van der Waals surface area contributed by atoms with E-state index >= 15 is 0 Å². The van der Waals surface area contributed by atoms with Gasteiger partial charge in [0.1, 0.15) is 9.84 Å². The molecule has 0 unspecified atom stereocenters. The summed E-state index contributed by atoms with van der Waals surface area (Å²) in [4.78, 5) is 25.3. The van der Waals surface area contributed by atoms with Gasteiger partial charge in [0.25, 0.3) is 5.91 Å². The Morgan fingerprint density at radius 1 is 1.24 bits per heavy atom. The van der Waals surface area contributed by atoms with E-state index < -0.39 is 5.97 Å². The first kappa shape index (κ1) is 19.4. The van der Waals surface area contributed by atoms with E-state index in [-0.39, 0.29) is 12.3 Å². The second-order valence-electron chi connectivity index (χ2n) is 6.48. The summed E-state index contributed by atoms with van der Waals surface area (Å²) in [5.41, 5.74) is 2.50. The molecular weight excluding hydrogens is 408 g/mol. The Hall–Kier alpha value is -2.97. The molecule has 1 N–H and O–H groups in total. The number of amides is 1. The number of thiocarbonyl (C=S) groups is 1. The molecular formula is C21H16N2O4S2. The van der Waals surface area contributed by atoms with Gasteiger partial charge < -0.3 is 9.63 Å². The normalized spacial score (nSPS) is 15.6. The zero-order chi connectivity index (χ0) is 20.4. The molecule has 3 aromatic rings. The molecule has 146 valence electrons. The van der Waals surface area contributed by atoms with Gasteiger partial charge >= 0.3 is 5.97 Å². The predicted molar refractivity (Wildman–Crippen MR) is 116 cm³/mol. The van der Waals surface area contributed by atoms with Gasteiger partial charge in [0, 0.05) is 18.5 Å². The Kier molecular flexibility index (Phi) is 5.46. The number of fused-ring (bicyclic) bond motifs is 1. The van der Waals surface area contributed by atoms with Crippen molar-refractivity contribution in [1.82, 2.24) is 10.1 Å². The van der Waals surface area contributed by atoms with E-state index in [1.807, 2.05) is 48.5 Å². The molecule has 2 aromatic carbocycles. The van der Waals surface area contributed by atoms with Gasteiger partial charge in [0.2, 0.25) is 0 Å². The van der Waals surface area contributed by atoms with E-state index in [2.05, 4.69) is 5.16 Å². The SMILES string of the molecule is O=C(O)CCCN1C(=O)/C(=C/c2ccc3noc(-c4ccccc4)c3c2)SC1=S. The molecule has 29 heavy (non-hydrogen) atoms. The molecule has 1 aliphatic heterocycles. The molecule has 1 saturated heterocycles. The van der Waals surface area contributed by atoms with Gasteiger partial charge in [-0.1, -0.05) is 65.5 Å². The van der Waals surface area contributed by atoms with Crippen LogP contribution in [0.25, 0.3) is 28.3 Å². The minimum Gasteiger partial charge on any atom is -0.481 e. The van der Waals surface area contributed by atoms with Crippen molar-refractivity contribution in [2.45, 2.75) is 12.8 Å². The minimum atomic E-state index is -0.887. The summed E-state index contributed by atoms with van der Waals surface area (Å²) < 4.78 is 5.97. The first-order valence-electron chi connectivity index (χ1n) is 8.95. The number of carbonyl (C=O) groups excluding carboxylic acids is 1. The van der Waals surface area contributed by atoms with E-state index in [1.54, 1.807) is 6.08 Å². The van der Waals surface area contributed by atoms with E-state index in [0.29, 0.717) is 28.0 Å². The van der Waals surface area contributed by atoms with Gasteiger partial charge in [-0.3, -0.25) is 14.5 Å². The fraction of sp³-hybridized carbons (Fsp3) is 0.143. The van der Waals surface area contributed by atoms with Crippen LogP contribution in [0.2, 0.25) is 0 Å². The Balaban J connectivity index is 1.60. The topological polar surface area (TPSA) is 83.6 Å². The van der Waals surface area contributed by atoms with Crippen molar-refractivity contribution in [3.05, 3.63) is 59.0 Å². The highest BCUT2D eigenvalue weighted by atomic mass is 32.2. The van der Waals surface area contributed by atoms with Crippen LogP contribution >= 0.6 is 24.0 Å². The van der Waals surface area contributed by atoms with Crippen molar-refractivity contribution in [3.8, 4) is 11.3 Å². The monoisotopic (exact) mass is 424 g/mol. The van der Waals surface area contributed by atoms with Crippen LogP contribution in [0.1, 0.15) is 18.4 Å². The average Bonchev–Trinajstić information content (AvgIpc) is 3.24. The number of benzene rings is 2. The number of carbonyl (C=O) groups is 2. The van der Waals surface area contributed by atoms with Gasteiger partial charge in [0.15, 0.2) is 5.76 Å². The number of aliphatic carboxylic acids is 1. The molecule has 1 fully saturated rings. The zero-order valence-corrected chi connectivity index (χ0v) is 16.8. The van der Waals surface area contributed by atoms with Crippen LogP contribution in [-0.2, 0) is 9.59 Å². The maximum atomic E-state index is 12.7. The Morgan fingerprint density at radius 2 is 2.03 bits per heavy atom. The summed E-state index contributed by atoms with van der Waals surface area (Å²) in [5.74, 6) is -0.404. The van der Waals surface area contributed by atoms with E-state index in [9.17, 15) is 9.59 Å². The third kappa shape index (κ3) is 4.08. The van der Waals surface area contributed by atoms with Crippen molar-refractivity contribution in [1.29, 1.82) is 0 Å². The van der Waals surface area contributed by atoms with Crippen LogP contribution in [-0.4, -0.2) is 37.9 Å². The summed E-state index contributed by atoms with van der Waals surface area (Å²) >= 11 is 6.52. The van der Waals surface area contributed by atoms with Gasteiger partial charge in [-0.05, 0) is 30.2 Å². The second kappa shape index (κ2) is 8.18. The third-order valence-electron chi connectivity index (χ3n) is 4.48. The van der Waals surface area contributed by atoms with Crippen molar-refractivity contribution < 1.29 is 19.2 Å². The summed E-state index contributed by atoms with van der Waals surface area (Å²) in [6, 6.07) is 15.4. The summed E-state index contributed by atoms with van der Waals surface area (Å²) in [5, 5.41) is 13.7. The minimum absolute atomic E-state index is 0.00251. The molecule has 2 heterocycles. The number of thioether (sulfide) groups is 1. The number of rotatable bonds is 6. The largest absolute Gasteiger partial charge is 0.481 e. The molecule has 1 aliphatic rings. The summed E-state index contributed by atoms with van der Waals surface area (Å²) in [6.45, 7) is 0.303. The molecule has 0 bridgehead atoms. The number of aromatic nitrogens is 1. The molecule has 0 saturated carbocycles. The Bertz CT molecular complexity index is 1140. The molecule has 0 aliphatic carbocycles. The lowest BCUT2D eigenvalue weighted by Crippen LogP contribution is -2.29. The van der Waals surface area contributed by atoms with Gasteiger partial charge in [-0.25, -0.2) is 0 Å². The maximum Gasteiger partial charge on any atom is 0.303 e. The average molecular weight is 425 g/mol. The zero-order valence-electron chi connectivity index (χ0n) is 15.2. The van der Waals surface area contributed by atoms with Crippen LogP contribution in [0.5, 0.6) is 0 Å². The summed E-state index contributed by atoms with van der Waals surface area (Å²) in [6.07, 6.45) is 2.16. The molecule has 1 amide bonds. The number of nitrogens with zero attached hydrogens (tertiary/aromatic N) is 2. The summed E-state index contributed by atoms with van der Waals surface area (Å²) in [7, 11) is 0. The lowest BCUT2D eigenvalue weighted by molar-refractivity contribution is -0.137. The lowest BCUT2D eigenvalue weighted by Gasteiger charge is -2.13. The fourth-order valence-corrected chi connectivity index (χ4v) is 4.39. The molecule has 4 rings (SSSR count). The van der Waals surface area contributed by atoms with Crippen molar-refractivity contribution >= 4 is 57.2 Å². The number of carboxylic acid groups (broad SMARTS) is 1. The van der Waals surface area contributed by atoms with E-state index in [1.165, 1.54) is 16.7 Å². The van der Waals surface area contributed by atoms with Crippen LogP contribution in [0, 0.1) is 0 Å². The smallest absolute Gasteiger partial charge is 0.303 e. The Labute approximate surface area is 176 Å². The highest BCUT2D eigenvalue weighted by Crippen LogP contribution is 2.34. The maximum absolute atomic E-state index is 12.7. The fourth-order valence-electron chi connectivity index (χ4n) is 3.08. The highest BCUT2D eigenvalue weighted by Gasteiger charge is 2.31. The standard InChI is InChI=1S/C21H16N2O4S2/c24-18(25)7-4-10-23-20(26)17(29-21(23)28)12-13-8-9-16-15(11-13)19(27-22-16)14-5-2-1-3-6-14/h1-3,5-6,8-9,11-12H,4,7,10H2,(H,24,25)/b17-12-. The predicted octanol–water partition coefficient (Wildman–Crippen LogP) is 4.56. The van der Waals surface area contributed by atoms with Crippen LogP contribution < -0.4 is 0 Å². The molecule has 6 nitrogen and oxygen atoms in total. The van der Waals surface area contributed by atoms with E-state index in [0.717, 1.165) is 22.0 Å². The molecule has 1 aromatic heterocycles. The molecule has 0 atom stereocenters.